The minimum absolute atomic E-state index is 0. The Bertz CT molecular complexity index is 2240. The molecule has 8 atom stereocenters. The van der Waals surface area contributed by atoms with Gasteiger partial charge in [0, 0.05) is 69.2 Å². The number of aromatic nitrogens is 4. The first-order chi connectivity index (χ1) is 28.9. The number of ether oxygens (including phenoxy) is 2. The highest BCUT2D eigenvalue weighted by Crippen LogP contribution is 2.57. The molecule has 350 valence electrons. The molecule has 4 unspecified atom stereocenters. The van der Waals surface area contributed by atoms with E-state index in [1.165, 1.54) is 33.0 Å². The first-order valence-electron chi connectivity index (χ1n) is 20.5. The maximum atomic E-state index is 14.4. The van der Waals surface area contributed by atoms with E-state index in [1.54, 1.807) is 0 Å². The molecule has 2 aromatic heterocycles. The molecule has 24 heteroatoms. The summed E-state index contributed by atoms with van der Waals surface area (Å²) in [6, 6.07) is -1.73. The van der Waals surface area contributed by atoms with E-state index in [4.69, 9.17) is 9.47 Å². The SMILES string of the molecule is CC1NCC1(F)F.COC(=O)CC1[C@H]2CN(c3nc(N4CC(F)(F)C4C)nc4c3CCC4(F)F)C[C@@H]12.COC(=O)CC1[C@H]2CN(c3nc(S(C)(=O)=O)nc4c3CCC4(F)F)C[C@@H]12.Cl. The Labute approximate surface area is 364 Å². The predicted octanol–water partition coefficient (Wildman–Crippen LogP) is 4.80. The summed E-state index contributed by atoms with van der Waals surface area (Å²) in [6.45, 7) is 4.50. The lowest BCUT2D eigenvalue weighted by atomic mass is 10.0. The molecule has 6 heterocycles. The van der Waals surface area contributed by atoms with E-state index in [0.717, 1.165) is 6.26 Å². The van der Waals surface area contributed by atoms with Crippen molar-refractivity contribution in [2.24, 2.45) is 35.5 Å². The van der Waals surface area contributed by atoms with Crippen LogP contribution in [0.4, 0.5) is 52.7 Å². The number of carbonyl (C=O) groups is 2. The Morgan fingerprint density at radius 2 is 1.14 bits per heavy atom. The third-order valence-corrected chi connectivity index (χ3v) is 14.8. The van der Waals surface area contributed by atoms with Gasteiger partial charge in [0.25, 0.3) is 23.7 Å². The van der Waals surface area contributed by atoms with Gasteiger partial charge in [-0.1, -0.05) is 0 Å². The van der Waals surface area contributed by atoms with Crippen LogP contribution in [0.25, 0.3) is 0 Å². The monoisotopic (exact) mass is 944 g/mol. The smallest absolute Gasteiger partial charge is 0.305 e. The van der Waals surface area contributed by atoms with Crippen LogP contribution in [0.3, 0.4) is 0 Å². The zero-order valence-electron chi connectivity index (χ0n) is 35.0. The summed E-state index contributed by atoms with van der Waals surface area (Å²) in [5.74, 6) is -9.66. The Balaban J connectivity index is 0.000000162. The van der Waals surface area contributed by atoms with E-state index in [0.29, 0.717) is 73.6 Å². The number of anilines is 3. The van der Waals surface area contributed by atoms with E-state index in [1.807, 2.05) is 9.80 Å². The molecule has 0 spiro atoms. The molecule has 0 bridgehead atoms. The third-order valence-electron chi connectivity index (χ3n) is 13.9. The number of halogens is 9. The van der Waals surface area contributed by atoms with Gasteiger partial charge in [-0.3, -0.25) is 9.59 Å². The lowest BCUT2D eigenvalue weighted by molar-refractivity contribution is -0.142. The van der Waals surface area contributed by atoms with Gasteiger partial charge in [-0.15, -0.1) is 12.4 Å². The molecule has 4 aliphatic carbocycles. The standard InChI is InChI=1S/C19H22F4N4O2.C16H19F2N3O4S.C4H7F2N.ClH/c1-9-19(22,23)8-27(9)17-24-15-10(3-4-18(15,20)21)16(25-17)26-6-12-11(13(12)7-26)5-14(28)29-2;1-25-12(22)5-9-10-6-21(7-11(9)10)14-8-3-4-16(17,18)13(8)19-15(20-14)26(2,23)24;1-3-4(5,6)2-7-3;/h9,11-13H,3-8H2,1-2H3;9-11H,3-7H2,1-2H3;3,7H,2H2,1H3;1H/t9?,11?,12-,13+;9?,10-,11+;;. The number of hydrogen-bond acceptors (Lipinski definition) is 14. The van der Waals surface area contributed by atoms with Crippen LogP contribution in [-0.2, 0) is 53.6 Å². The fraction of sp³-hybridized carbons (Fsp3) is 0.744. The largest absolute Gasteiger partial charge is 0.469 e. The van der Waals surface area contributed by atoms with Crippen molar-refractivity contribution >= 4 is 51.8 Å². The summed E-state index contributed by atoms with van der Waals surface area (Å²) in [4.78, 5) is 44.3. The lowest BCUT2D eigenvalue weighted by Crippen LogP contribution is -2.64. The van der Waals surface area contributed by atoms with E-state index in [9.17, 15) is 53.1 Å². The van der Waals surface area contributed by atoms with Gasteiger partial charge in [0.15, 0.2) is 0 Å². The Morgan fingerprint density at radius 1 is 0.714 bits per heavy atom. The van der Waals surface area contributed by atoms with E-state index >= 15 is 0 Å². The number of rotatable bonds is 8. The van der Waals surface area contributed by atoms with Crippen LogP contribution in [-0.4, -0.2) is 124 Å². The average molecular weight is 945 g/mol. The molecule has 14 nitrogen and oxygen atoms in total. The van der Waals surface area contributed by atoms with Crippen molar-refractivity contribution in [2.45, 2.75) is 93.3 Å². The van der Waals surface area contributed by atoms with E-state index < -0.39 is 63.0 Å². The number of methoxy groups -OCH3 is 2. The summed E-state index contributed by atoms with van der Waals surface area (Å²) in [7, 11) is -1.09. The van der Waals surface area contributed by atoms with Crippen molar-refractivity contribution in [1.82, 2.24) is 25.3 Å². The van der Waals surface area contributed by atoms with Crippen molar-refractivity contribution in [2.75, 3.05) is 74.4 Å². The van der Waals surface area contributed by atoms with Gasteiger partial charge in [0.2, 0.25) is 20.9 Å². The van der Waals surface area contributed by atoms with Gasteiger partial charge in [-0.2, -0.15) is 22.5 Å². The van der Waals surface area contributed by atoms with Crippen molar-refractivity contribution < 1.29 is 62.6 Å². The molecule has 2 aromatic rings. The maximum Gasteiger partial charge on any atom is 0.305 e. The highest BCUT2D eigenvalue weighted by molar-refractivity contribution is 7.90. The van der Waals surface area contributed by atoms with Gasteiger partial charge in [-0.05, 0) is 62.2 Å². The second-order valence-electron chi connectivity index (χ2n) is 17.8. The van der Waals surface area contributed by atoms with Gasteiger partial charge < -0.3 is 29.5 Å². The number of nitrogens with one attached hydrogen (secondary N) is 1. The fourth-order valence-electron chi connectivity index (χ4n) is 9.71. The number of piperidine rings is 2. The van der Waals surface area contributed by atoms with E-state index in [2.05, 4.69) is 25.3 Å². The normalized spacial score (nSPS) is 31.2. The number of nitrogens with zero attached hydrogens (tertiary/aromatic N) is 7. The molecule has 4 aliphatic heterocycles. The summed E-state index contributed by atoms with van der Waals surface area (Å²) >= 11 is 0. The van der Waals surface area contributed by atoms with Crippen molar-refractivity contribution in [3.63, 3.8) is 0 Å². The molecule has 6 fully saturated rings. The molecule has 0 amide bonds. The number of esters is 2. The Morgan fingerprint density at radius 3 is 1.49 bits per heavy atom. The Hall–Kier alpha value is -3.86. The molecule has 2 saturated carbocycles. The van der Waals surface area contributed by atoms with Gasteiger partial charge in [0.1, 0.15) is 23.0 Å². The Kier molecular flexibility index (Phi) is 12.1. The molecular formula is C39H49ClF8N8O6S. The zero-order valence-corrected chi connectivity index (χ0v) is 36.7. The second-order valence-corrected chi connectivity index (χ2v) is 19.7. The van der Waals surface area contributed by atoms with Gasteiger partial charge >= 0.3 is 11.9 Å². The topological polar surface area (TPSA) is 160 Å². The maximum absolute atomic E-state index is 14.4. The van der Waals surface area contributed by atoms with Crippen LogP contribution in [0.1, 0.15) is 62.0 Å². The molecule has 10 rings (SSSR count). The number of hydrogen-bond donors (Lipinski definition) is 1. The average Bonchev–Trinajstić information content (AvgIpc) is 3.64. The number of fused-ring (bicyclic) bond motifs is 4. The minimum Gasteiger partial charge on any atom is -0.469 e. The quantitative estimate of drug-likeness (QED) is 0.219. The molecule has 4 saturated heterocycles. The predicted molar refractivity (Wildman–Crippen MR) is 212 cm³/mol. The first kappa shape index (κ1) is 47.1. The lowest BCUT2D eigenvalue weighted by Gasteiger charge is -2.46. The summed E-state index contributed by atoms with van der Waals surface area (Å²) in [6.07, 6.45) is 1.20. The molecule has 8 aliphatic rings. The van der Waals surface area contributed by atoms with Gasteiger partial charge in [-0.25, -0.2) is 40.9 Å². The van der Waals surface area contributed by atoms with Crippen molar-refractivity contribution in [3.05, 3.63) is 22.5 Å². The summed E-state index contributed by atoms with van der Waals surface area (Å²) in [5, 5.41) is 1.99. The molecular weight excluding hydrogens is 896 g/mol. The van der Waals surface area contributed by atoms with Crippen LogP contribution in [0.2, 0.25) is 0 Å². The van der Waals surface area contributed by atoms with E-state index in [-0.39, 0.29) is 91.9 Å². The van der Waals surface area contributed by atoms with Crippen LogP contribution in [0, 0.1) is 35.5 Å². The number of carbonyl (C=O) groups excluding carboxylic acids is 2. The number of sulfone groups is 1. The summed E-state index contributed by atoms with van der Waals surface area (Å²) < 4.78 is 141. The van der Waals surface area contributed by atoms with Crippen LogP contribution < -0.4 is 20.0 Å². The molecule has 0 aromatic carbocycles. The first-order valence-corrected chi connectivity index (χ1v) is 22.4. The van der Waals surface area contributed by atoms with Crippen LogP contribution >= 0.6 is 12.4 Å². The zero-order chi connectivity index (χ0) is 45.1. The number of alkyl halides is 8. The highest BCUT2D eigenvalue weighted by atomic mass is 35.5. The minimum atomic E-state index is -3.80. The van der Waals surface area contributed by atoms with Crippen LogP contribution in [0.15, 0.2) is 5.16 Å². The molecule has 63 heavy (non-hydrogen) atoms. The van der Waals surface area contributed by atoms with Crippen molar-refractivity contribution in [1.29, 1.82) is 0 Å². The summed E-state index contributed by atoms with van der Waals surface area (Å²) in [5.41, 5.74) is -0.0288. The highest BCUT2D eigenvalue weighted by Gasteiger charge is 2.59. The fourth-order valence-corrected chi connectivity index (χ4v) is 10.2. The molecule has 0 radical (unpaired) electrons. The van der Waals surface area contributed by atoms with Gasteiger partial charge in [0.05, 0.1) is 39.4 Å². The second kappa shape index (κ2) is 16.2. The van der Waals surface area contributed by atoms with Crippen molar-refractivity contribution in [3.8, 4) is 0 Å². The van der Waals surface area contributed by atoms with Crippen LogP contribution in [0.5, 0.6) is 0 Å². The molecule has 1 N–H and O–H groups in total. The third kappa shape index (κ3) is 8.70.